The van der Waals surface area contributed by atoms with Crippen molar-refractivity contribution >= 4 is 29.6 Å². The van der Waals surface area contributed by atoms with Gasteiger partial charge in [0.2, 0.25) is 11.8 Å². The first-order chi connectivity index (χ1) is 20.8. The van der Waals surface area contributed by atoms with Crippen LogP contribution in [0, 0.1) is 17.3 Å². The fraction of sp³-hybridized carbons (Fsp3) is 0.382. The number of esters is 2. The maximum absolute atomic E-state index is 14.0. The van der Waals surface area contributed by atoms with E-state index in [9.17, 15) is 24.3 Å². The van der Waals surface area contributed by atoms with Gasteiger partial charge in [-0.25, -0.2) is 14.6 Å². The Labute approximate surface area is 258 Å². The molecule has 0 aliphatic carbocycles. The largest absolute Gasteiger partial charge is 0.458 e. The SMILES string of the molecule is CC(C)C[C@@H](C(=O)N[C@H](C(=O)Nc1ccccn1)C(C)(C)C)C(O)(C(=O)OCc1ccccc1)C(=O)OCc1ccccc1. The van der Waals surface area contributed by atoms with Crippen LogP contribution in [-0.2, 0) is 41.9 Å². The minimum absolute atomic E-state index is 0.0953. The van der Waals surface area contributed by atoms with Gasteiger partial charge in [0.15, 0.2) is 0 Å². The topological polar surface area (TPSA) is 144 Å². The van der Waals surface area contributed by atoms with Crippen LogP contribution in [0.3, 0.4) is 0 Å². The van der Waals surface area contributed by atoms with Gasteiger partial charge in [-0.1, -0.05) is 101 Å². The third-order valence-electron chi connectivity index (χ3n) is 6.91. The smallest absolute Gasteiger partial charge is 0.351 e. The highest BCUT2D eigenvalue weighted by Gasteiger charge is 2.57. The first-order valence-electron chi connectivity index (χ1n) is 14.5. The van der Waals surface area contributed by atoms with Crippen LogP contribution in [-0.4, -0.2) is 45.5 Å². The van der Waals surface area contributed by atoms with Crippen LogP contribution in [0.5, 0.6) is 0 Å². The number of carbonyl (C=O) groups excluding carboxylic acids is 4. The van der Waals surface area contributed by atoms with Crippen molar-refractivity contribution in [3.8, 4) is 0 Å². The van der Waals surface area contributed by atoms with Gasteiger partial charge in [-0.2, -0.15) is 0 Å². The summed E-state index contributed by atoms with van der Waals surface area (Å²) in [5.41, 5.74) is -2.59. The van der Waals surface area contributed by atoms with Crippen molar-refractivity contribution in [2.24, 2.45) is 17.3 Å². The van der Waals surface area contributed by atoms with Crippen molar-refractivity contribution in [3.63, 3.8) is 0 Å². The number of carbonyl (C=O) groups is 4. The molecule has 2 atom stereocenters. The molecule has 44 heavy (non-hydrogen) atoms. The number of anilines is 1. The number of ether oxygens (including phenoxy) is 2. The summed E-state index contributed by atoms with van der Waals surface area (Å²) < 4.78 is 10.8. The van der Waals surface area contributed by atoms with Crippen LogP contribution in [0.4, 0.5) is 5.82 Å². The molecule has 1 heterocycles. The third-order valence-corrected chi connectivity index (χ3v) is 6.91. The number of amides is 2. The van der Waals surface area contributed by atoms with Gasteiger partial charge < -0.3 is 25.2 Å². The van der Waals surface area contributed by atoms with Gasteiger partial charge in [-0.15, -0.1) is 0 Å². The minimum Gasteiger partial charge on any atom is -0.458 e. The summed E-state index contributed by atoms with van der Waals surface area (Å²) in [6, 6.07) is 21.3. The quantitative estimate of drug-likeness (QED) is 0.192. The predicted octanol–water partition coefficient (Wildman–Crippen LogP) is 4.43. The molecule has 0 aliphatic rings. The highest BCUT2D eigenvalue weighted by Crippen LogP contribution is 2.31. The Morgan fingerprint density at radius 3 is 1.70 bits per heavy atom. The number of aromatic nitrogens is 1. The van der Waals surface area contributed by atoms with E-state index in [2.05, 4.69) is 15.6 Å². The summed E-state index contributed by atoms with van der Waals surface area (Å²) in [5.74, 6) is -5.72. The lowest BCUT2D eigenvalue weighted by Crippen LogP contribution is -2.62. The molecule has 10 heteroatoms. The first-order valence-corrected chi connectivity index (χ1v) is 14.5. The third kappa shape index (κ3) is 9.21. The number of benzene rings is 2. The lowest BCUT2D eigenvalue weighted by Gasteiger charge is -2.35. The average molecular weight is 604 g/mol. The molecule has 0 radical (unpaired) electrons. The van der Waals surface area contributed by atoms with Crippen molar-refractivity contribution in [2.75, 3.05) is 5.32 Å². The van der Waals surface area contributed by atoms with Gasteiger partial charge in [-0.05, 0) is 41.0 Å². The van der Waals surface area contributed by atoms with E-state index in [1.165, 1.54) is 6.20 Å². The number of pyridine rings is 1. The van der Waals surface area contributed by atoms with Gasteiger partial charge in [0, 0.05) is 6.20 Å². The van der Waals surface area contributed by atoms with Gasteiger partial charge in [0.25, 0.3) is 5.60 Å². The van der Waals surface area contributed by atoms with Crippen LogP contribution in [0.25, 0.3) is 0 Å². The van der Waals surface area contributed by atoms with Crippen molar-refractivity contribution in [1.29, 1.82) is 0 Å². The molecule has 0 spiro atoms. The standard InChI is InChI=1S/C34H41N3O7/c1-23(2)20-26(29(38)37-28(33(3,4)5)30(39)36-27-18-12-13-19-35-27)34(42,31(40)43-21-24-14-8-6-9-15-24)32(41)44-22-25-16-10-7-11-17-25/h6-19,23,26,28,42H,20-22H2,1-5H3,(H,37,38)(H,35,36,39)/t26-,28+/m0/s1. The molecule has 3 aromatic rings. The zero-order chi connectivity index (χ0) is 32.3. The van der Waals surface area contributed by atoms with Crippen molar-refractivity contribution in [2.45, 2.75) is 65.9 Å². The van der Waals surface area contributed by atoms with E-state index >= 15 is 0 Å². The summed E-state index contributed by atoms with van der Waals surface area (Å²) >= 11 is 0. The van der Waals surface area contributed by atoms with E-state index in [0.717, 1.165) is 0 Å². The van der Waals surface area contributed by atoms with Crippen molar-refractivity contribution < 1.29 is 33.8 Å². The van der Waals surface area contributed by atoms with E-state index < -0.39 is 46.7 Å². The Morgan fingerprint density at radius 1 is 0.773 bits per heavy atom. The Bertz CT molecular complexity index is 1340. The average Bonchev–Trinajstić information content (AvgIpc) is 3.00. The second kappa shape index (κ2) is 15.2. The monoisotopic (exact) mass is 603 g/mol. The maximum atomic E-state index is 14.0. The molecule has 10 nitrogen and oxygen atoms in total. The summed E-state index contributed by atoms with van der Waals surface area (Å²) in [6.07, 6.45) is 1.42. The van der Waals surface area contributed by atoms with E-state index in [1.807, 2.05) is 0 Å². The molecule has 2 amide bonds. The fourth-order valence-corrected chi connectivity index (χ4v) is 4.53. The molecule has 3 N–H and O–H groups in total. The Balaban J connectivity index is 1.95. The van der Waals surface area contributed by atoms with Crippen LogP contribution in [0.2, 0.25) is 0 Å². The van der Waals surface area contributed by atoms with E-state index in [0.29, 0.717) is 11.1 Å². The molecule has 2 aromatic carbocycles. The summed E-state index contributed by atoms with van der Waals surface area (Å²) in [5, 5.41) is 17.3. The molecule has 1 aromatic heterocycles. The second-order valence-electron chi connectivity index (χ2n) is 12.1. The van der Waals surface area contributed by atoms with Crippen molar-refractivity contribution in [1.82, 2.24) is 10.3 Å². The normalized spacial score (nSPS) is 13.0. The van der Waals surface area contributed by atoms with Crippen molar-refractivity contribution in [3.05, 3.63) is 96.2 Å². The summed E-state index contributed by atoms with van der Waals surface area (Å²) in [6.45, 7) is 8.31. The number of hydrogen-bond acceptors (Lipinski definition) is 8. The Kier molecular flexibility index (Phi) is 11.8. The molecular formula is C34H41N3O7. The highest BCUT2D eigenvalue weighted by atomic mass is 16.6. The molecule has 0 fully saturated rings. The predicted molar refractivity (Wildman–Crippen MR) is 165 cm³/mol. The van der Waals surface area contributed by atoms with Gasteiger partial charge in [-0.3, -0.25) is 9.59 Å². The van der Waals surface area contributed by atoms with Crippen LogP contribution < -0.4 is 10.6 Å². The van der Waals surface area contributed by atoms with E-state index in [1.54, 1.807) is 113 Å². The molecule has 0 saturated carbocycles. The maximum Gasteiger partial charge on any atom is 0.351 e. The molecule has 0 bridgehead atoms. The minimum atomic E-state index is -3.02. The molecule has 0 saturated heterocycles. The number of nitrogens with one attached hydrogen (secondary N) is 2. The first kappa shape index (κ1) is 33.9. The van der Waals surface area contributed by atoms with E-state index in [4.69, 9.17) is 9.47 Å². The lowest BCUT2D eigenvalue weighted by molar-refractivity contribution is -0.195. The van der Waals surface area contributed by atoms with Gasteiger partial charge in [0.05, 0.1) is 5.92 Å². The number of nitrogens with zero attached hydrogens (tertiary/aromatic N) is 1. The second-order valence-corrected chi connectivity index (χ2v) is 12.1. The highest BCUT2D eigenvalue weighted by molar-refractivity contribution is 6.08. The summed E-state index contributed by atoms with van der Waals surface area (Å²) in [7, 11) is 0. The Hall–Kier alpha value is -4.57. The summed E-state index contributed by atoms with van der Waals surface area (Å²) in [4.78, 5) is 58.8. The molecule has 234 valence electrons. The zero-order valence-electron chi connectivity index (χ0n) is 25.8. The molecule has 0 unspecified atom stereocenters. The number of aliphatic hydroxyl groups is 1. The van der Waals surface area contributed by atoms with Gasteiger partial charge >= 0.3 is 11.9 Å². The molecular weight excluding hydrogens is 562 g/mol. The Morgan fingerprint density at radius 2 is 1.27 bits per heavy atom. The van der Waals surface area contributed by atoms with Gasteiger partial charge in [0.1, 0.15) is 25.1 Å². The molecule has 3 rings (SSSR count). The number of rotatable bonds is 13. The van der Waals surface area contributed by atoms with Crippen LogP contribution in [0.1, 0.15) is 52.2 Å². The zero-order valence-corrected chi connectivity index (χ0v) is 25.8. The fourth-order valence-electron chi connectivity index (χ4n) is 4.53. The van der Waals surface area contributed by atoms with Crippen LogP contribution in [0.15, 0.2) is 85.1 Å². The van der Waals surface area contributed by atoms with Crippen LogP contribution >= 0.6 is 0 Å². The molecule has 0 aliphatic heterocycles. The lowest BCUT2D eigenvalue weighted by atomic mass is 9.79. The number of hydrogen-bond donors (Lipinski definition) is 3. The van der Waals surface area contributed by atoms with E-state index in [-0.39, 0.29) is 31.4 Å².